The molecular formula is C24H20N6O5S3. The molecule has 14 heteroatoms. The van der Waals surface area contributed by atoms with E-state index in [1.807, 2.05) is 24.3 Å². The van der Waals surface area contributed by atoms with E-state index in [4.69, 9.17) is 9.15 Å². The highest BCUT2D eigenvalue weighted by Crippen LogP contribution is 2.29. The summed E-state index contributed by atoms with van der Waals surface area (Å²) in [5.41, 5.74) is 1.23. The molecule has 5 rings (SSSR count). The van der Waals surface area contributed by atoms with Crippen LogP contribution in [0.2, 0.25) is 0 Å². The molecule has 5 aromatic rings. The Morgan fingerprint density at radius 3 is 2.55 bits per heavy atom. The zero-order chi connectivity index (χ0) is 26.5. The summed E-state index contributed by atoms with van der Waals surface area (Å²) in [6, 6.07) is 16.8. The predicted molar refractivity (Wildman–Crippen MR) is 144 cm³/mol. The first-order chi connectivity index (χ1) is 18.4. The maximum Gasteiger partial charge on any atom is 0.263 e. The summed E-state index contributed by atoms with van der Waals surface area (Å²) < 4.78 is 40.0. The van der Waals surface area contributed by atoms with Gasteiger partial charge >= 0.3 is 0 Å². The number of nitrogens with one attached hydrogen (secondary N) is 2. The molecule has 0 saturated heterocycles. The van der Waals surface area contributed by atoms with Crippen LogP contribution in [0.4, 0.5) is 10.8 Å². The van der Waals surface area contributed by atoms with Crippen molar-refractivity contribution >= 4 is 49.8 Å². The molecule has 11 nitrogen and oxygen atoms in total. The minimum Gasteiger partial charge on any atom is -0.497 e. The van der Waals surface area contributed by atoms with Crippen LogP contribution in [0.5, 0.6) is 5.75 Å². The van der Waals surface area contributed by atoms with Crippen molar-refractivity contribution < 1.29 is 22.4 Å². The Labute approximate surface area is 225 Å². The van der Waals surface area contributed by atoms with E-state index in [9.17, 15) is 13.2 Å². The first-order valence-corrected chi connectivity index (χ1v) is 14.4. The number of ether oxygens (including phenoxy) is 1. The van der Waals surface area contributed by atoms with Crippen LogP contribution in [-0.4, -0.2) is 46.9 Å². The number of thiazole rings is 1. The number of anilines is 2. The second-order valence-corrected chi connectivity index (χ2v) is 11.1. The molecule has 0 saturated carbocycles. The average molecular weight is 569 g/mol. The summed E-state index contributed by atoms with van der Waals surface area (Å²) in [7, 11) is -2.19. The highest BCUT2D eigenvalue weighted by Gasteiger charge is 2.20. The van der Waals surface area contributed by atoms with Gasteiger partial charge in [0, 0.05) is 17.3 Å². The highest BCUT2D eigenvalue weighted by molar-refractivity contribution is 7.99. The molecule has 3 heterocycles. The summed E-state index contributed by atoms with van der Waals surface area (Å²) in [4.78, 5) is 16.7. The predicted octanol–water partition coefficient (Wildman–Crippen LogP) is 4.52. The Hall–Kier alpha value is -4.14. The smallest absolute Gasteiger partial charge is 0.263 e. The molecule has 0 aliphatic heterocycles. The molecule has 38 heavy (non-hydrogen) atoms. The number of thioether (sulfide) groups is 1. The van der Waals surface area contributed by atoms with Gasteiger partial charge in [-0.05, 0) is 60.7 Å². The van der Waals surface area contributed by atoms with Gasteiger partial charge < -0.3 is 14.5 Å². The van der Waals surface area contributed by atoms with Crippen LogP contribution in [0.25, 0.3) is 17.3 Å². The second-order valence-electron chi connectivity index (χ2n) is 7.62. The Bertz CT molecular complexity index is 1620. The maximum atomic E-state index is 12.7. The van der Waals surface area contributed by atoms with Crippen molar-refractivity contribution in [1.29, 1.82) is 0 Å². The number of aromatic nitrogens is 4. The fraction of sp³-hybridized carbons (Fsp3) is 0.0833. The molecule has 194 valence electrons. The number of amides is 1. The monoisotopic (exact) mass is 568 g/mol. The molecule has 0 atom stereocenters. The van der Waals surface area contributed by atoms with E-state index in [-0.39, 0.29) is 21.7 Å². The van der Waals surface area contributed by atoms with Gasteiger partial charge in [0.2, 0.25) is 11.7 Å². The first kappa shape index (κ1) is 25.5. The van der Waals surface area contributed by atoms with Crippen LogP contribution in [0, 0.1) is 0 Å². The molecule has 0 aliphatic rings. The lowest BCUT2D eigenvalue weighted by Gasteiger charge is -2.10. The third-order valence-corrected chi connectivity index (χ3v) is 8.24. The first-order valence-electron chi connectivity index (χ1n) is 11.0. The van der Waals surface area contributed by atoms with Gasteiger partial charge in [-0.2, -0.15) is 0 Å². The highest BCUT2D eigenvalue weighted by atomic mass is 32.2. The van der Waals surface area contributed by atoms with E-state index in [0.29, 0.717) is 28.2 Å². The van der Waals surface area contributed by atoms with Crippen LogP contribution >= 0.6 is 23.1 Å². The van der Waals surface area contributed by atoms with Crippen LogP contribution in [-0.2, 0) is 14.8 Å². The van der Waals surface area contributed by atoms with E-state index >= 15 is 0 Å². The fourth-order valence-electron chi connectivity index (χ4n) is 3.39. The molecular weight excluding hydrogens is 549 g/mol. The van der Waals surface area contributed by atoms with Gasteiger partial charge in [-0.15, -0.1) is 21.5 Å². The van der Waals surface area contributed by atoms with Crippen LogP contribution in [0.3, 0.4) is 0 Å². The largest absolute Gasteiger partial charge is 0.497 e. The van der Waals surface area contributed by atoms with Gasteiger partial charge in [0.05, 0.1) is 29.7 Å². The Morgan fingerprint density at radius 1 is 1.11 bits per heavy atom. The third-order valence-electron chi connectivity index (χ3n) is 5.14. The number of sulfonamides is 1. The van der Waals surface area contributed by atoms with Gasteiger partial charge in [-0.3, -0.25) is 14.1 Å². The van der Waals surface area contributed by atoms with Gasteiger partial charge in [0.15, 0.2) is 16.0 Å². The minimum atomic E-state index is -3.78. The molecule has 0 aliphatic carbocycles. The number of hydrogen-bond donors (Lipinski definition) is 2. The molecule has 3 aromatic heterocycles. The summed E-state index contributed by atoms with van der Waals surface area (Å²) in [5.74, 6) is 1.47. The van der Waals surface area contributed by atoms with E-state index < -0.39 is 10.0 Å². The quantitative estimate of drug-likeness (QED) is 0.233. The molecule has 2 N–H and O–H groups in total. The second kappa shape index (κ2) is 11.1. The minimum absolute atomic E-state index is 0.0398. The summed E-state index contributed by atoms with van der Waals surface area (Å²) in [6.45, 7) is 0. The van der Waals surface area contributed by atoms with Crippen LogP contribution in [0.1, 0.15) is 0 Å². The number of hydrogen-bond acceptors (Lipinski definition) is 10. The normalized spacial score (nSPS) is 11.3. The van der Waals surface area contributed by atoms with E-state index in [2.05, 4.69) is 25.2 Å². The van der Waals surface area contributed by atoms with Crippen molar-refractivity contribution in [3.8, 4) is 23.0 Å². The Balaban J connectivity index is 1.27. The van der Waals surface area contributed by atoms with Crippen molar-refractivity contribution in [3.63, 3.8) is 0 Å². The molecule has 0 bridgehead atoms. The number of carbonyl (C=O) groups is 1. The van der Waals surface area contributed by atoms with Crippen LogP contribution in [0.15, 0.2) is 93.0 Å². The summed E-state index contributed by atoms with van der Waals surface area (Å²) in [6.07, 6.45) is 3.06. The van der Waals surface area contributed by atoms with E-state index in [0.717, 1.165) is 5.69 Å². The third kappa shape index (κ3) is 5.72. The molecule has 0 spiro atoms. The number of furan rings is 1. The number of rotatable bonds is 10. The topological polar surface area (TPSA) is 141 Å². The molecule has 0 radical (unpaired) electrons. The number of carbonyl (C=O) groups excluding carboxylic acids is 1. The van der Waals surface area contributed by atoms with Gasteiger partial charge in [0.25, 0.3) is 10.0 Å². The number of benzene rings is 2. The lowest BCUT2D eigenvalue weighted by molar-refractivity contribution is -0.113. The van der Waals surface area contributed by atoms with E-state index in [1.54, 1.807) is 35.5 Å². The lowest BCUT2D eigenvalue weighted by Crippen LogP contribution is -2.15. The van der Waals surface area contributed by atoms with Crippen molar-refractivity contribution in [2.24, 2.45) is 0 Å². The molecule has 0 unspecified atom stereocenters. The van der Waals surface area contributed by atoms with E-state index in [1.165, 1.54) is 53.6 Å². The molecule has 0 fully saturated rings. The SMILES string of the molecule is COc1ccc(-n2c(SCC(=O)Nc3ccc(S(=O)(=O)Nc4nccs4)cc3)nnc2-c2ccco2)cc1. The number of methoxy groups -OCH3 is 1. The van der Waals surface area contributed by atoms with Crippen molar-refractivity contribution in [3.05, 3.63) is 78.5 Å². The Morgan fingerprint density at radius 2 is 1.89 bits per heavy atom. The van der Waals surface area contributed by atoms with Gasteiger partial charge in [-0.25, -0.2) is 13.4 Å². The number of nitrogens with zero attached hydrogens (tertiary/aromatic N) is 4. The lowest BCUT2D eigenvalue weighted by atomic mass is 10.3. The van der Waals surface area contributed by atoms with Crippen LogP contribution < -0.4 is 14.8 Å². The summed E-state index contributed by atoms with van der Waals surface area (Å²) >= 11 is 2.38. The molecule has 1 amide bonds. The van der Waals surface area contributed by atoms with Crippen molar-refractivity contribution in [2.45, 2.75) is 10.1 Å². The Kier molecular flexibility index (Phi) is 7.44. The van der Waals surface area contributed by atoms with Gasteiger partial charge in [0.1, 0.15) is 5.75 Å². The standard InChI is InChI=1S/C24H20N6O5S3/c1-34-18-8-6-17(7-9-18)30-22(20-3-2-13-35-20)27-28-24(30)37-15-21(31)26-16-4-10-19(11-5-16)38(32,33)29-23-25-12-14-36-23/h2-14H,15H2,1H3,(H,25,29)(H,26,31). The van der Waals surface area contributed by atoms with Crippen molar-refractivity contribution in [2.75, 3.05) is 22.9 Å². The average Bonchev–Trinajstić information content (AvgIpc) is 3.70. The zero-order valence-electron chi connectivity index (χ0n) is 19.8. The molecule has 2 aromatic carbocycles. The summed E-state index contributed by atoms with van der Waals surface area (Å²) in [5, 5.41) is 13.7. The zero-order valence-corrected chi connectivity index (χ0v) is 22.2. The van der Waals surface area contributed by atoms with Gasteiger partial charge in [-0.1, -0.05) is 11.8 Å². The fourth-order valence-corrected chi connectivity index (χ4v) is 5.93. The van der Waals surface area contributed by atoms with Crippen molar-refractivity contribution in [1.82, 2.24) is 19.7 Å². The maximum absolute atomic E-state index is 12.7.